The lowest BCUT2D eigenvalue weighted by Crippen LogP contribution is -2.62. The predicted octanol–water partition coefficient (Wildman–Crippen LogP) is 0.478. The van der Waals surface area contributed by atoms with Gasteiger partial charge >= 0.3 is 5.97 Å². The molecule has 1 unspecified atom stereocenters. The summed E-state index contributed by atoms with van der Waals surface area (Å²) in [5, 5.41) is 0. The SMILES string of the molecule is COC(=O)C(N)(CC(C)C)C(=O)N1CCSCC1. The molecule has 18 heavy (non-hydrogen) atoms. The van der Waals surface area contributed by atoms with Crippen molar-refractivity contribution >= 4 is 23.6 Å². The molecule has 5 nitrogen and oxygen atoms in total. The second-order valence-corrected chi connectivity index (χ2v) is 6.19. The van der Waals surface area contributed by atoms with E-state index in [1.54, 1.807) is 16.7 Å². The Labute approximate surface area is 112 Å². The Balaban J connectivity index is 2.87. The molecule has 2 N–H and O–H groups in total. The molecular formula is C12H22N2O3S. The first-order valence-electron chi connectivity index (χ1n) is 6.16. The van der Waals surface area contributed by atoms with Gasteiger partial charge in [0.1, 0.15) is 0 Å². The van der Waals surface area contributed by atoms with E-state index in [1.165, 1.54) is 7.11 Å². The van der Waals surface area contributed by atoms with Crippen molar-refractivity contribution in [2.75, 3.05) is 31.7 Å². The van der Waals surface area contributed by atoms with E-state index in [0.717, 1.165) is 11.5 Å². The summed E-state index contributed by atoms with van der Waals surface area (Å²) >= 11 is 1.80. The molecule has 0 aromatic carbocycles. The molecular weight excluding hydrogens is 252 g/mol. The topological polar surface area (TPSA) is 72.6 Å². The Morgan fingerprint density at radius 3 is 2.39 bits per heavy atom. The number of nitrogens with two attached hydrogens (primary N) is 1. The third-order valence-corrected chi connectivity index (χ3v) is 3.90. The highest BCUT2D eigenvalue weighted by molar-refractivity contribution is 7.99. The molecule has 0 aromatic rings. The maximum atomic E-state index is 12.4. The van der Waals surface area contributed by atoms with E-state index in [9.17, 15) is 9.59 Å². The second kappa shape index (κ2) is 6.43. The first-order valence-corrected chi connectivity index (χ1v) is 7.31. The van der Waals surface area contributed by atoms with Crippen LogP contribution in [0, 0.1) is 5.92 Å². The highest BCUT2D eigenvalue weighted by Crippen LogP contribution is 2.21. The van der Waals surface area contributed by atoms with Crippen molar-refractivity contribution in [2.45, 2.75) is 25.8 Å². The van der Waals surface area contributed by atoms with Crippen molar-refractivity contribution in [3.05, 3.63) is 0 Å². The van der Waals surface area contributed by atoms with Gasteiger partial charge < -0.3 is 15.4 Å². The summed E-state index contributed by atoms with van der Waals surface area (Å²) in [5.41, 5.74) is 4.52. The second-order valence-electron chi connectivity index (χ2n) is 4.97. The van der Waals surface area contributed by atoms with Gasteiger partial charge in [0.15, 0.2) is 5.54 Å². The van der Waals surface area contributed by atoms with Gasteiger partial charge in [-0.25, -0.2) is 4.79 Å². The lowest BCUT2D eigenvalue weighted by Gasteiger charge is -2.35. The van der Waals surface area contributed by atoms with Gasteiger partial charge in [0.05, 0.1) is 7.11 Å². The highest BCUT2D eigenvalue weighted by atomic mass is 32.2. The van der Waals surface area contributed by atoms with Crippen molar-refractivity contribution in [3.63, 3.8) is 0 Å². The zero-order valence-corrected chi connectivity index (χ0v) is 12.1. The number of nitrogens with zero attached hydrogens (tertiary/aromatic N) is 1. The number of carbonyl (C=O) groups excluding carboxylic acids is 2. The normalized spacial score (nSPS) is 19.5. The van der Waals surface area contributed by atoms with Gasteiger partial charge in [-0.2, -0.15) is 11.8 Å². The molecule has 1 fully saturated rings. The van der Waals surface area contributed by atoms with Crippen molar-refractivity contribution < 1.29 is 14.3 Å². The number of amides is 1. The van der Waals surface area contributed by atoms with Crippen LogP contribution in [0.25, 0.3) is 0 Å². The van der Waals surface area contributed by atoms with E-state index >= 15 is 0 Å². The zero-order valence-electron chi connectivity index (χ0n) is 11.3. The van der Waals surface area contributed by atoms with Crippen LogP contribution in [0.2, 0.25) is 0 Å². The van der Waals surface area contributed by atoms with Gasteiger partial charge in [-0.3, -0.25) is 4.79 Å². The molecule has 0 radical (unpaired) electrons. The first kappa shape index (κ1) is 15.3. The fourth-order valence-corrected chi connectivity index (χ4v) is 3.04. The first-order chi connectivity index (χ1) is 8.41. The number of esters is 1. The molecule has 0 spiro atoms. The quantitative estimate of drug-likeness (QED) is 0.596. The molecule has 0 aliphatic carbocycles. The summed E-state index contributed by atoms with van der Waals surface area (Å²) in [6, 6.07) is 0. The Morgan fingerprint density at radius 1 is 1.39 bits per heavy atom. The van der Waals surface area contributed by atoms with Crippen LogP contribution in [0.4, 0.5) is 0 Å². The number of hydrogen-bond acceptors (Lipinski definition) is 5. The van der Waals surface area contributed by atoms with Crippen LogP contribution in [0.1, 0.15) is 20.3 Å². The summed E-state index contributed by atoms with van der Waals surface area (Å²) in [4.78, 5) is 26.0. The number of carbonyl (C=O) groups is 2. The minimum Gasteiger partial charge on any atom is -0.467 e. The van der Waals surface area contributed by atoms with Crippen molar-refractivity contribution in [1.82, 2.24) is 4.90 Å². The largest absolute Gasteiger partial charge is 0.467 e. The Kier molecular flexibility index (Phi) is 5.47. The average molecular weight is 274 g/mol. The molecule has 0 bridgehead atoms. The number of thioether (sulfide) groups is 1. The molecule has 1 saturated heterocycles. The fourth-order valence-electron chi connectivity index (χ4n) is 2.13. The predicted molar refractivity (Wildman–Crippen MR) is 72.3 cm³/mol. The fraction of sp³-hybridized carbons (Fsp3) is 0.833. The van der Waals surface area contributed by atoms with Crippen LogP contribution in [0.3, 0.4) is 0 Å². The van der Waals surface area contributed by atoms with E-state index in [0.29, 0.717) is 19.5 Å². The maximum Gasteiger partial charge on any atom is 0.335 e. The Hall–Kier alpha value is -0.750. The van der Waals surface area contributed by atoms with Crippen LogP contribution in [-0.2, 0) is 14.3 Å². The van der Waals surface area contributed by atoms with E-state index < -0.39 is 11.5 Å². The third-order valence-electron chi connectivity index (χ3n) is 2.96. The number of ether oxygens (including phenoxy) is 1. The van der Waals surface area contributed by atoms with Gasteiger partial charge in [0.25, 0.3) is 5.91 Å². The van der Waals surface area contributed by atoms with Gasteiger partial charge in [-0.15, -0.1) is 0 Å². The average Bonchev–Trinajstić information content (AvgIpc) is 2.36. The van der Waals surface area contributed by atoms with Gasteiger partial charge in [0.2, 0.25) is 0 Å². The highest BCUT2D eigenvalue weighted by Gasteiger charge is 2.46. The molecule has 1 heterocycles. The van der Waals surface area contributed by atoms with E-state index in [1.807, 2.05) is 13.8 Å². The summed E-state index contributed by atoms with van der Waals surface area (Å²) in [7, 11) is 1.27. The molecule has 1 amide bonds. The van der Waals surface area contributed by atoms with Crippen LogP contribution in [0.5, 0.6) is 0 Å². The lowest BCUT2D eigenvalue weighted by atomic mass is 9.88. The smallest absolute Gasteiger partial charge is 0.335 e. The van der Waals surface area contributed by atoms with E-state index in [2.05, 4.69) is 0 Å². The van der Waals surface area contributed by atoms with Crippen LogP contribution < -0.4 is 5.73 Å². The van der Waals surface area contributed by atoms with Crippen LogP contribution in [-0.4, -0.2) is 54.0 Å². The van der Waals surface area contributed by atoms with Crippen molar-refractivity contribution in [3.8, 4) is 0 Å². The Morgan fingerprint density at radius 2 is 1.94 bits per heavy atom. The maximum absolute atomic E-state index is 12.4. The zero-order chi connectivity index (χ0) is 13.8. The molecule has 0 aromatic heterocycles. The molecule has 6 heteroatoms. The summed E-state index contributed by atoms with van der Waals surface area (Å²) in [5.74, 6) is 0.995. The molecule has 1 aliphatic rings. The Bertz CT molecular complexity index is 316. The minimum atomic E-state index is -1.54. The van der Waals surface area contributed by atoms with E-state index in [4.69, 9.17) is 10.5 Å². The van der Waals surface area contributed by atoms with Crippen molar-refractivity contribution in [2.24, 2.45) is 11.7 Å². The van der Waals surface area contributed by atoms with E-state index in [-0.39, 0.29) is 11.8 Å². The minimum absolute atomic E-state index is 0.150. The summed E-state index contributed by atoms with van der Waals surface area (Å²) < 4.78 is 4.71. The standard InChI is InChI=1S/C12H22N2O3S/c1-9(2)8-12(13,11(16)17-3)10(15)14-4-6-18-7-5-14/h9H,4-8,13H2,1-3H3. The van der Waals surface area contributed by atoms with Gasteiger partial charge in [0, 0.05) is 24.6 Å². The van der Waals surface area contributed by atoms with Crippen LogP contribution >= 0.6 is 11.8 Å². The lowest BCUT2D eigenvalue weighted by molar-refractivity contribution is -0.156. The third kappa shape index (κ3) is 3.38. The molecule has 104 valence electrons. The molecule has 1 aliphatic heterocycles. The van der Waals surface area contributed by atoms with Crippen molar-refractivity contribution in [1.29, 1.82) is 0 Å². The molecule has 0 saturated carbocycles. The monoisotopic (exact) mass is 274 g/mol. The summed E-state index contributed by atoms with van der Waals surface area (Å²) in [6.45, 7) is 5.17. The van der Waals surface area contributed by atoms with Gasteiger partial charge in [-0.05, 0) is 12.3 Å². The number of rotatable bonds is 4. The molecule has 1 rings (SSSR count). The van der Waals surface area contributed by atoms with Gasteiger partial charge in [-0.1, -0.05) is 13.8 Å². The van der Waals surface area contributed by atoms with Crippen LogP contribution in [0.15, 0.2) is 0 Å². The number of hydrogen-bond donors (Lipinski definition) is 1. The molecule has 1 atom stereocenters. The summed E-state index contributed by atoms with van der Waals surface area (Å²) in [6.07, 6.45) is 0.308. The number of methoxy groups -OCH3 is 1.